The van der Waals surface area contributed by atoms with Gasteiger partial charge < -0.3 is 15.2 Å². The molecular weight excluding hydrogens is 334 g/mol. The molecule has 1 fully saturated rings. The van der Waals surface area contributed by atoms with E-state index in [-0.39, 0.29) is 12.0 Å². The normalized spacial score (nSPS) is 20.4. The maximum Gasteiger partial charge on any atom is 0.192 e. The van der Waals surface area contributed by atoms with E-state index in [4.69, 9.17) is 0 Å². The van der Waals surface area contributed by atoms with Gasteiger partial charge in [0, 0.05) is 18.0 Å². The van der Waals surface area contributed by atoms with E-state index in [0.717, 1.165) is 36.9 Å². The lowest BCUT2D eigenvalue weighted by Gasteiger charge is -2.19. The summed E-state index contributed by atoms with van der Waals surface area (Å²) < 4.78 is 1.94. The first-order valence-electron chi connectivity index (χ1n) is 8.49. The highest BCUT2D eigenvalue weighted by Crippen LogP contribution is 2.24. The van der Waals surface area contributed by atoms with E-state index < -0.39 is 0 Å². The maximum absolute atomic E-state index is 9.31. The molecule has 0 aromatic carbocycles. The summed E-state index contributed by atoms with van der Waals surface area (Å²) in [5.41, 5.74) is 0. The summed E-state index contributed by atoms with van der Waals surface area (Å²) in [5.74, 6) is 2.46. The molecule has 7 nitrogen and oxygen atoms in total. The Morgan fingerprint density at radius 2 is 2.36 bits per heavy atom. The number of aryl methyl sites for hydroxylation is 1. The van der Waals surface area contributed by atoms with Gasteiger partial charge in [0.1, 0.15) is 12.4 Å². The van der Waals surface area contributed by atoms with Crippen molar-refractivity contribution in [1.29, 1.82) is 5.26 Å². The predicted octanol–water partition coefficient (Wildman–Crippen LogP) is 2.11. The number of thiophene rings is 1. The van der Waals surface area contributed by atoms with Crippen LogP contribution >= 0.6 is 11.3 Å². The molecule has 25 heavy (non-hydrogen) atoms. The SMILES string of the molecule is Cc1nnc(CN=C(NCc2cccs2)NC2CCCC2C#N)n1C. The molecule has 2 heterocycles. The topological polar surface area (TPSA) is 90.9 Å². The number of nitriles is 1. The Morgan fingerprint density at radius 3 is 3.04 bits per heavy atom. The molecule has 8 heteroatoms. The highest BCUT2D eigenvalue weighted by atomic mass is 32.1. The zero-order valence-corrected chi connectivity index (χ0v) is 15.4. The Morgan fingerprint density at radius 1 is 1.48 bits per heavy atom. The molecule has 2 atom stereocenters. The van der Waals surface area contributed by atoms with Crippen LogP contribution in [0.5, 0.6) is 0 Å². The van der Waals surface area contributed by atoms with Crippen molar-refractivity contribution < 1.29 is 0 Å². The standard InChI is InChI=1S/C17H23N7S/c1-12-22-23-16(24(12)2)11-20-17(19-10-14-6-4-8-25-14)21-15-7-3-5-13(15)9-18/h4,6,8,13,15H,3,5,7,10-11H2,1-2H3,(H2,19,20,21). The van der Waals surface area contributed by atoms with Crippen molar-refractivity contribution in [2.45, 2.75) is 45.3 Å². The molecule has 0 radical (unpaired) electrons. The van der Waals surface area contributed by atoms with Crippen molar-refractivity contribution in [3.63, 3.8) is 0 Å². The second kappa shape index (κ2) is 8.12. The van der Waals surface area contributed by atoms with Crippen molar-refractivity contribution in [2.75, 3.05) is 0 Å². The molecule has 1 aliphatic carbocycles. The molecular formula is C17H23N7S. The van der Waals surface area contributed by atoms with Crippen LogP contribution in [0, 0.1) is 24.2 Å². The van der Waals surface area contributed by atoms with Gasteiger partial charge in [-0.3, -0.25) is 0 Å². The highest BCUT2D eigenvalue weighted by Gasteiger charge is 2.27. The van der Waals surface area contributed by atoms with Gasteiger partial charge in [-0.1, -0.05) is 6.07 Å². The Bertz CT molecular complexity index is 757. The molecule has 1 saturated carbocycles. The molecule has 0 bridgehead atoms. The van der Waals surface area contributed by atoms with Crippen LogP contribution in [0.15, 0.2) is 22.5 Å². The Hall–Kier alpha value is -2.40. The first-order valence-corrected chi connectivity index (χ1v) is 9.37. The third-order valence-electron chi connectivity index (χ3n) is 4.58. The number of aromatic nitrogens is 3. The van der Waals surface area contributed by atoms with Crippen LogP contribution in [0.3, 0.4) is 0 Å². The van der Waals surface area contributed by atoms with Gasteiger partial charge in [-0.25, -0.2) is 4.99 Å². The number of aliphatic imine (C=N–C) groups is 1. The largest absolute Gasteiger partial charge is 0.352 e. The summed E-state index contributed by atoms with van der Waals surface area (Å²) in [6.07, 6.45) is 3.03. The van der Waals surface area contributed by atoms with E-state index in [1.54, 1.807) is 11.3 Å². The Balaban J connectivity index is 1.69. The summed E-state index contributed by atoms with van der Waals surface area (Å²) in [6, 6.07) is 6.69. The van der Waals surface area contributed by atoms with Crippen LogP contribution < -0.4 is 10.6 Å². The van der Waals surface area contributed by atoms with Gasteiger partial charge in [0.25, 0.3) is 0 Å². The molecule has 2 N–H and O–H groups in total. The van der Waals surface area contributed by atoms with Crippen molar-refractivity contribution in [1.82, 2.24) is 25.4 Å². The Kier molecular flexibility index (Phi) is 5.66. The fourth-order valence-electron chi connectivity index (χ4n) is 2.94. The van der Waals surface area contributed by atoms with Crippen LogP contribution in [0.1, 0.15) is 35.8 Å². The number of nitrogens with zero attached hydrogens (tertiary/aromatic N) is 5. The highest BCUT2D eigenvalue weighted by molar-refractivity contribution is 7.09. The van der Waals surface area contributed by atoms with Crippen LogP contribution in [0.4, 0.5) is 0 Å². The summed E-state index contributed by atoms with van der Waals surface area (Å²) in [4.78, 5) is 5.91. The van der Waals surface area contributed by atoms with Crippen LogP contribution in [-0.4, -0.2) is 26.8 Å². The van der Waals surface area contributed by atoms with E-state index in [1.165, 1.54) is 4.88 Å². The molecule has 0 saturated heterocycles. The van der Waals surface area contributed by atoms with E-state index >= 15 is 0 Å². The average molecular weight is 357 g/mol. The molecule has 2 aromatic rings. The van der Waals surface area contributed by atoms with Gasteiger partial charge in [0.05, 0.1) is 18.5 Å². The fourth-order valence-corrected chi connectivity index (χ4v) is 3.58. The number of guanidine groups is 1. The minimum Gasteiger partial charge on any atom is -0.352 e. The molecule has 1 aliphatic rings. The molecule has 0 aliphatic heterocycles. The Labute approximate surface area is 151 Å². The fraction of sp³-hybridized carbons (Fsp3) is 0.529. The van der Waals surface area contributed by atoms with E-state index in [2.05, 4.69) is 43.3 Å². The molecule has 0 amide bonds. The summed E-state index contributed by atoms with van der Waals surface area (Å²) in [6.45, 7) is 3.08. The van der Waals surface area contributed by atoms with Crippen LogP contribution in [0.25, 0.3) is 0 Å². The monoisotopic (exact) mass is 357 g/mol. The van der Waals surface area contributed by atoms with Gasteiger partial charge in [-0.2, -0.15) is 5.26 Å². The second-order valence-electron chi connectivity index (χ2n) is 6.24. The smallest absolute Gasteiger partial charge is 0.192 e. The van der Waals surface area contributed by atoms with Crippen molar-refractivity contribution in [2.24, 2.45) is 18.0 Å². The second-order valence-corrected chi connectivity index (χ2v) is 7.27. The minimum absolute atomic E-state index is 0.0470. The number of hydrogen-bond acceptors (Lipinski definition) is 5. The van der Waals surface area contributed by atoms with Gasteiger partial charge in [-0.05, 0) is 37.6 Å². The third-order valence-corrected chi connectivity index (χ3v) is 5.45. The van der Waals surface area contributed by atoms with Crippen LogP contribution in [-0.2, 0) is 20.1 Å². The van der Waals surface area contributed by atoms with E-state index in [1.807, 2.05) is 24.6 Å². The minimum atomic E-state index is 0.0470. The summed E-state index contributed by atoms with van der Waals surface area (Å²) in [7, 11) is 1.94. The van der Waals surface area contributed by atoms with Crippen molar-refractivity contribution >= 4 is 17.3 Å². The number of rotatable bonds is 5. The van der Waals surface area contributed by atoms with Crippen molar-refractivity contribution in [3.05, 3.63) is 34.0 Å². The molecule has 0 spiro atoms. The zero-order valence-electron chi connectivity index (χ0n) is 14.6. The van der Waals surface area contributed by atoms with Gasteiger partial charge >= 0.3 is 0 Å². The van der Waals surface area contributed by atoms with Crippen molar-refractivity contribution in [3.8, 4) is 6.07 Å². The van der Waals surface area contributed by atoms with Gasteiger partial charge in [0.15, 0.2) is 11.8 Å². The van der Waals surface area contributed by atoms with Crippen LogP contribution in [0.2, 0.25) is 0 Å². The predicted molar refractivity (Wildman–Crippen MR) is 97.9 cm³/mol. The third kappa shape index (κ3) is 4.37. The lowest BCUT2D eigenvalue weighted by molar-refractivity contribution is 0.531. The van der Waals surface area contributed by atoms with E-state index in [0.29, 0.717) is 13.1 Å². The summed E-state index contributed by atoms with van der Waals surface area (Å²) >= 11 is 1.71. The molecule has 132 valence electrons. The lowest BCUT2D eigenvalue weighted by Crippen LogP contribution is -2.44. The molecule has 3 rings (SSSR count). The molecule has 2 unspecified atom stereocenters. The quantitative estimate of drug-likeness (QED) is 0.632. The first kappa shape index (κ1) is 17.4. The zero-order chi connectivity index (χ0) is 17.6. The lowest BCUT2D eigenvalue weighted by atomic mass is 10.1. The summed E-state index contributed by atoms with van der Waals surface area (Å²) in [5, 5.41) is 26.4. The molecule has 2 aromatic heterocycles. The number of nitrogens with one attached hydrogen (secondary N) is 2. The number of hydrogen-bond donors (Lipinski definition) is 2. The van der Waals surface area contributed by atoms with E-state index in [9.17, 15) is 5.26 Å². The average Bonchev–Trinajstić information content (AvgIpc) is 3.34. The first-order chi connectivity index (χ1) is 12.2. The van der Waals surface area contributed by atoms with Gasteiger partial charge in [0.2, 0.25) is 0 Å². The van der Waals surface area contributed by atoms with Gasteiger partial charge in [-0.15, -0.1) is 21.5 Å². The maximum atomic E-state index is 9.31.